The number of hydrogen-bond donors (Lipinski definition) is 1. The number of nitrogens with zero attached hydrogens (tertiary/aromatic N) is 2. The summed E-state index contributed by atoms with van der Waals surface area (Å²) in [6.07, 6.45) is 0. The van der Waals surface area contributed by atoms with Gasteiger partial charge in [-0.1, -0.05) is 23.7 Å². The highest BCUT2D eigenvalue weighted by atomic mass is 35.5. The zero-order chi connectivity index (χ0) is 17.3. The molecular weight excluding hydrogens is 326 g/mol. The number of aromatic nitrogens is 2. The van der Waals surface area contributed by atoms with E-state index in [1.807, 2.05) is 18.2 Å². The van der Waals surface area contributed by atoms with Gasteiger partial charge < -0.3 is 5.32 Å². The zero-order valence-corrected chi connectivity index (χ0v) is 14.1. The summed E-state index contributed by atoms with van der Waals surface area (Å²) < 4.78 is 1.60. The first-order valence-electron chi connectivity index (χ1n) is 7.47. The molecular formula is C18H16ClN3O2. The summed E-state index contributed by atoms with van der Waals surface area (Å²) in [6, 6.07) is 12.5. The predicted octanol–water partition coefficient (Wildman–Crippen LogP) is 3.37. The Morgan fingerprint density at radius 3 is 2.75 bits per heavy atom. The lowest BCUT2D eigenvalue weighted by Gasteiger charge is -2.12. The van der Waals surface area contributed by atoms with E-state index >= 15 is 0 Å². The lowest BCUT2D eigenvalue weighted by Crippen LogP contribution is -2.24. The van der Waals surface area contributed by atoms with Crippen molar-refractivity contribution < 1.29 is 4.79 Å². The van der Waals surface area contributed by atoms with Crippen LogP contribution in [0.2, 0.25) is 5.02 Å². The molecule has 2 aromatic carbocycles. The van der Waals surface area contributed by atoms with Crippen LogP contribution >= 0.6 is 11.6 Å². The molecule has 0 aliphatic carbocycles. The highest BCUT2D eigenvalue weighted by Gasteiger charge is 2.10. The summed E-state index contributed by atoms with van der Waals surface area (Å²) in [5.41, 5.74) is 1.96. The van der Waals surface area contributed by atoms with Crippen molar-refractivity contribution >= 4 is 34.1 Å². The highest BCUT2D eigenvalue weighted by molar-refractivity contribution is 6.30. The minimum absolute atomic E-state index is 0.148. The molecule has 0 saturated heterocycles. The molecule has 0 aliphatic heterocycles. The Hall–Kier alpha value is -2.66. The van der Waals surface area contributed by atoms with E-state index in [1.54, 1.807) is 35.8 Å². The topological polar surface area (TPSA) is 64.0 Å². The number of anilines is 1. The number of benzene rings is 2. The van der Waals surface area contributed by atoms with Crippen LogP contribution in [0.5, 0.6) is 0 Å². The number of amides is 1. The van der Waals surface area contributed by atoms with E-state index in [0.29, 0.717) is 34.0 Å². The number of fused-ring (bicyclic) bond motifs is 1. The number of carbonyl (C=O) groups is 1. The second-order valence-corrected chi connectivity index (χ2v) is 6.03. The third-order valence-corrected chi connectivity index (χ3v) is 3.93. The Bertz CT molecular complexity index is 995. The molecule has 0 fully saturated rings. The summed E-state index contributed by atoms with van der Waals surface area (Å²) in [5, 5.41) is 3.77. The second kappa shape index (κ2) is 6.45. The van der Waals surface area contributed by atoms with Gasteiger partial charge in [0.15, 0.2) is 0 Å². The Balaban J connectivity index is 2.10. The molecule has 3 rings (SSSR count). The molecule has 3 aromatic rings. The molecule has 0 spiro atoms. The molecule has 5 nitrogen and oxygen atoms in total. The third-order valence-electron chi connectivity index (χ3n) is 3.70. The summed E-state index contributed by atoms with van der Waals surface area (Å²) >= 11 is 6.01. The van der Waals surface area contributed by atoms with Gasteiger partial charge >= 0.3 is 0 Å². The molecule has 122 valence electrons. The molecule has 1 amide bonds. The minimum Gasteiger partial charge on any atom is -0.326 e. The highest BCUT2D eigenvalue weighted by Crippen LogP contribution is 2.17. The van der Waals surface area contributed by atoms with Crippen LogP contribution in [0.4, 0.5) is 5.69 Å². The number of rotatable bonds is 3. The lowest BCUT2D eigenvalue weighted by atomic mass is 10.2. The van der Waals surface area contributed by atoms with Crippen LogP contribution in [0.25, 0.3) is 10.9 Å². The van der Waals surface area contributed by atoms with Gasteiger partial charge in [-0.25, -0.2) is 4.98 Å². The molecule has 6 heteroatoms. The second-order valence-electron chi connectivity index (χ2n) is 5.59. The van der Waals surface area contributed by atoms with Crippen molar-refractivity contribution in [2.24, 2.45) is 0 Å². The van der Waals surface area contributed by atoms with Crippen LogP contribution in [-0.2, 0) is 11.3 Å². The first kappa shape index (κ1) is 16.2. The van der Waals surface area contributed by atoms with E-state index in [9.17, 15) is 9.59 Å². The predicted molar refractivity (Wildman–Crippen MR) is 95.6 cm³/mol. The fourth-order valence-electron chi connectivity index (χ4n) is 2.62. The first-order valence-corrected chi connectivity index (χ1v) is 7.85. The molecule has 1 aromatic heterocycles. The van der Waals surface area contributed by atoms with Gasteiger partial charge in [0, 0.05) is 17.6 Å². The Labute approximate surface area is 143 Å². The Morgan fingerprint density at radius 2 is 2.04 bits per heavy atom. The van der Waals surface area contributed by atoms with Crippen molar-refractivity contribution in [3.8, 4) is 0 Å². The van der Waals surface area contributed by atoms with E-state index in [1.165, 1.54) is 6.92 Å². The van der Waals surface area contributed by atoms with Gasteiger partial charge in [-0.15, -0.1) is 0 Å². The molecule has 0 radical (unpaired) electrons. The Kier molecular flexibility index (Phi) is 4.36. The van der Waals surface area contributed by atoms with Crippen LogP contribution in [0.3, 0.4) is 0 Å². The number of nitrogens with one attached hydrogen (secondary N) is 1. The molecule has 0 bridgehead atoms. The van der Waals surface area contributed by atoms with Crippen LogP contribution in [-0.4, -0.2) is 15.5 Å². The molecule has 0 saturated carbocycles. The quantitative estimate of drug-likeness (QED) is 0.794. The average Bonchev–Trinajstić information content (AvgIpc) is 2.52. The smallest absolute Gasteiger partial charge is 0.261 e. The van der Waals surface area contributed by atoms with E-state index in [0.717, 1.165) is 5.56 Å². The summed E-state index contributed by atoms with van der Waals surface area (Å²) in [5.74, 6) is 0.438. The first-order chi connectivity index (χ1) is 11.4. The van der Waals surface area contributed by atoms with Crippen LogP contribution < -0.4 is 10.9 Å². The van der Waals surface area contributed by atoms with Gasteiger partial charge in [-0.3, -0.25) is 14.2 Å². The van der Waals surface area contributed by atoms with Gasteiger partial charge in [-0.05, 0) is 42.8 Å². The fourth-order valence-corrected chi connectivity index (χ4v) is 2.83. The van der Waals surface area contributed by atoms with Crippen molar-refractivity contribution in [2.45, 2.75) is 20.4 Å². The SMILES string of the molecule is CC(=O)Nc1ccc2nc(C)n(Cc3cccc(Cl)c3)c(=O)c2c1. The number of hydrogen-bond acceptors (Lipinski definition) is 3. The van der Waals surface area contributed by atoms with Crippen LogP contribution in [0, 0.1) is 6.92 Å². The zero-order valence-electron chi connectivity index (χ0n) is 13.3. The normalized spacial score (nSPS) is 10.8. The summed E-state index contributed by atoms with van der Waals surface area (Å²) in [6.45, 7) is 3.61. The largest absolute Gasteiger partial charge is 0.326 e. The van der Waals surface area contributed by atoms with Gasteiger partial charge in [-0.2, -0.15) is 0 Å². The van der Waals surface area contributed by atoms with Gasteiger partial charge in [0.25, 0.3) is 5.56 Å². The Morgan fingerprint density at radius 1 is 1.25 bits per heavy atom. The number of carbonyl (C=O) groups excluding carboxylic acids is 1. The van der Waals surface area contributed by atoms with Crippen molar-refractivity contribution in [1.29, 1.82) is 0 Å². The van der Waals surface area contributed by atoms with Gasteiger partial charge in [0.05, 0.1) is 17.4 Å². The molecule has 24 heavy (non-hydrogen) atoms. The molecule has 1 N–H and O–H groups in total. The van der Waals surface area contributed by atoms with E-state index in [2.05, 4.69) is 10.3 Å². The maximum atomic E-state index is 12.9. The van der Waals surface area contributed by atoms with Crippen LogP contribution in [0.1, 0.15) is 18.3 Å². The summed E-state index contributed by atoms with van der Waals surface area (Å²) in [4.78, 5) is 28.6. The maximum Gasteiger partial charge on any atom is 0.261 e. The fraction of sp³-hybridized carbons (Fsp3) is 0.167. The van der Waals surface area contributed by atoms with Crippen molar-refractivity contribution in [1.82, 2.24) is 9.55 Å². The van der Waals surface area contributed by atoms with Crippen LogP contribution in [0.15, 0.2) is 47.3 Å². The van der Waals surface area contributed by atoms with E-state index in [4.69, 9.17) is 11.6 Å². The minimum atomic E-state index is -0.186. The van der Waals surface area contributed by atoms with E-state index < -0.39 is 0 Å². The molecule has 1 heterocycles. The van der Waals surface area contributed by atoms with E-state index in [-0.39, 0.29) is 11.5 Å². The molecule has 0 aliphatic rings. The molecule has 0 unspecified atom stereocenters. The number of halogens is 1. The molecule has 0 atom stereocenters. The average molecular weight is 342 g/mol. The van der Waals surface area contributed by atoms with Crippen molar-refractivity contribution in [2.75, 3.05) is 5.32 Å². The monoisotopic (exact) mass is 341 g/mol. The summed E-state index contributed by atoms with van der Waals surface area (Å²) in [7, 11) is 0. The van der Waals surface area contributed by atoms with Gasteiger partial charge in [0.1, 0.15) is 5.82 Å². The third kappa shape index (κ3) is 3.31. The van der Waals surface area contributed by atoms with Crippen molar-refractivity contribution in [3.05, 3.63) is 69.2 Å². The lowest BCUT2D eigenvalue weighted by molar-refractivity contribution is -0.114. The maximum absolute atomic E-state index is 12.9. The number of aryl methyl sites for hydroxylation is 1. The van der Waals surface area contributed by atoms with Gasteiger partial charge in [0.2, 0.25) is 5.91 Å². The van der Waals surface area contributed by atoms with Crippen molar-refractivity contribution in [3.63, 3.8) is 0 Å². The standard InChI is InChI=1S/C18H16ClN3O2/c1-11-20-17-7-6-15(21-12(2)23)9-16(17)18(24)22(11)10-13-4-3-5-14(19)8-13/h3-9H,10H2,1-2H3,(H,21,23).